The number of fused-ring (bicyclic) bond motifs is 1. The van der Waals surface area contributed by atoms with E-state index in [9.17, 15) is 4.79 Å². The molecule has 1 heterocycles. The van der Waals surface area contributed by atoms with Crippen LogP contribution in [0.15, 0.2) is 63.5 Å². The molecule has 0 saturated heterocycles. The molecule has 5 heteroatoms. The first-order valence-electron chi connectivity index (χ1n) is 6.26. The Labute approximate surface area is 138 Å². The first kappa shape index (κ1) is 14.2. The van der Waals surface area contributed by atoms with E-state index in [2.05, 4.69) is 42.2 Å². The van der Waals surface area contributed by atoms with E-state index in [1.807, 2.05) is 48.5 Å². The van der Waals surface area contributed by atoms with E-state index in [4.69, 9.17) is 0 Å². The maximum absolute atomic E-state index is 12.3. The minimum absolute atomic E-state index is 0.237. The lowest BCUT2D eigenvalue weighted by Gasteiger charge is -2.08. The number of aromatic nitrogens is 1. The summed E-state index contributed by atoms with van der Waals surface area (Å²) in [5.74, 6) is -0.237. The maximum Gasteiger partial charge on any atom is 0.274 e. The molecule has 3 aromatic rings. The van der Waals surface area contributed by atoms with Crippen molar-refractivity contribution in [3.05, 3.63) is 69.2 Å². The molecule has 0 fully saturated rings. The molecule has 0 aliphatic rings. The summed E-state index contributed by atoms with van der Waals surface area (Å²) in [6, 6.07) is 16.9. The predicted molar refractivity (Wildman–Crippen MR) is 91.5 cm³/mol. The fourth-order valence-corrected chi connectivity index (χ4v) is 2.68. The highest BCUT2D eigenvalue weighted by Gasteiger charge is 2.10. The number of rotatable bonds is 2. The molecule has 0 spiro atoms. The fourth-order valence-electron chi connectivity index (χ4n) is 1.97. The molecule has 0 bridgehead atoms. The SMILES string of the molecule is O=C(Nc1cc(Br)ccc1Br)c1ccc2ccccc2n1. The summed E-state index contributed by atoms with van der Waals surface area (Å²) in [5.41, 5.74) is 1.89. The summed E-state index contributed by atoms with van der Waals surface area (Å²) in [6.45, 7) is 0. The number of nitrogens with one attached hydrogen (secondary N) is 1. The molecule has 0 atom stereocenters. The second kappa shape index (κ2) is 5.95. The number of para-hydroxylation sites is 1. The number of halogens is 2. The first-order valence-corrected chi connectivity index (χ1v) is 7.84. The number of nitrogens with zero attached hydrogens (tertiary/aromatic N) is 1. The molecule has 104 valence electrons. The van der Waals surface area contributed by atoms with Crippen LogP contribution in [-0.4, -0.2) is 10.9 Å². The van der Waals surface area contributed by atoms with Gasteiger partial charge in [0.15, 0.2) is 0 Å². The van der Waals surface area contributed by atoms with Crippen molar-refractivity contribution in [2.45, 2.75) is 0 Å². The van der Waals surface area contributed by atoms with Gasteiger partial charge in [-0.25, -0.2) is 4.98 Å². The summed E-state index contributed by atoms with van der Waals surface area (Å²) in [5, 5.41) is 3.87. The number of carbonyl (C=O) groups is 1. The van der Waals surface area contributed by atoms with Crippen LogP contribution in [0, 0.1) is 0 Å². The van der Waals surface area contributed by atoms with Gasteiger partial charge in [0.25, 0.3) is 5.91 Å². The summed E-state index contributed by atoms with van der Waals surface area (Å²) < 4.78 is 1.72. The molecule has 0 saturated carbocycles. The van der Waals surface area contributed by atoms with Crippen molar-refractivity contribution < 1.29 is 4.79 Å². The molecule has 3 nitrogen and oxygen atoms in total. The number of hydrogen-bond acceptors (Lipinski definition) is 2. The van der Waals surface area contributed by atoms with E-state index in [-0.39, 0.29) is 5.91 Å². The van der Waals surface area contributed by atoms with Crippen LogP contribution in [0.2, 0.25) is 0 Å². The zero-order chi connectivity index (χ0) is 14.8. The zero-order valence-electron chi connectivity index (χ0n) is 10.8. The highest BCUT2D eigenvalue weighted by atomic mass is 79.9. The van der Waals surface area contributed by atoms with Crippen LogP contribution in [0.5, 0.6) is 0 Å². The largest absolute Gasteiger partial charge is 0.320 e. The minimum Gasteiger partial charge on any atom is -0.320 e. The Balaban J connectivity index is 1.91. The predicted octanol–water partition coefficient (Wildman–Crippen LogP) is 5.01. The van der Waals surface area contributed by atoms with Crippen LogP contribution in [0.25, 0.3) is 10.9 Å². The summed E-state index contributed by atoms with van der Waals surface area (Å²) in [7, 11) is 0. The van der Waals surface area contributed by atoms with Gasteiger partial charge in [-0.2, -0.15) is 0 Å². The molecule has 0 unspecified atom stereocenters. The van der Waals surface area contributed by atoms with Crippen molar-refractivity contribution in [2.24, 2.45) is 0 Å². The Morgan fingerprint density at radius 1 is 1.00 bits per heavy atom. The topological polar surface area (TPSA) is 42.0 Å². The number of benzene rings is 2. The third-order valence-electron chi connectivity index (χ3n) is 3.01. The molecular weight excluding hydrogens is 396 g/mol. The van der Waals surface area contributed by atoms with E-state index in [0.29, 0.717) is 11.4 Å². The normalized spacial score (nSPS) is 10.6. The van der Waals surface area contributed by atoms with Crippen LogP contribution in [0.3, 0.4) is 0 Å². The second-order valence-electron chi connectivity index (χ2n) is 4.47. The number of anilines is 1. The van der Waals surface area contributed by atoms with Gasteiger partial charge >= 0.3 is 0 Å². The molecule has 3 rings (SSSR count). The van der Waals surface area contributed by atoms with Crippen LogP contribution in [0.4, 0.5) is 5.69 Å². The van der Waals surface area contributed by atoms with Gasteiger partial charge in [0, 0.05) is 14.3 Å². The van der Waals surface area contributed by atoms with Crippen molar-refractivity contribution in [3.63, 3.8) is 0 Å². The van der Waals surface area contributed by atoms with E-state index < -0.39 is 0 Å². The fraction of sp³-hybridized carbons (Fsp3) is 0. The standard InChI is InChI=1S/C16H10Br2N2O/c17-11-6-7-12(18)15(9-11)20-16(21)14-8-5-10-3-1-2-4-13(10)19-14/h1-9H,(H,20,21). The quantitative estimate of drug-likeness (QED) is 0.650. The van der Waals surface area contributed by atoms with Crippen LogP contribution in [-0.2, 0) is 0 Å². The summed E-state index contributed by atoms with van der Waals surface area (Å²) >= 11 is 6.80. The van der Waals surface area contributed by atoms with E-state index in [1.165, 1.54) is 0 Å². The molecule has 0 aliphatic heterocycles. The Kier molecular flexibility index (Phi) is 4.03. The minimum atomic E-state index is -0.237. The molecule has 0 radical (unpaired) electrons. The van der Waals surface area contributed by atoms with Gasteiger partial charge in [-0.15, -0.1) is 0 Å². The lowest BCUT2D eigenvalue weighted by Crippen LogP contribution is -2.14. The molecule has 1 aromatic heterocycles. The summed E-state index contributed by atoms with van der Waals surface area (Å²) in [4.78, 5) is 16.7. The monoisotopic (exact) mass is 404 g/mol. The van der Waals surface area contributed by atoms with Crippen LogP contribution in [0.1, 0.15) is 10.5 Å². The van der Waals surface area contributed by atoms with Gasteiger partial charge in [-0.1, -0.05) is 40.2 Å². The van der Waals surface area contributed by atoms with Crippen LogP contribution >= 0.6 is 31.9 Å². The molecule has 1 amide bonds. The number of pyridine rings is 1. The Morgan fingerprint density at radius 3 is 2.67 bits per heavy atom. The van der Waals surface area contributed by atoms with Crippen molar-refractivity contribution in [3.8, 4) is 0 Å². The molecular formula is C16H10Br2N2O. The number of hydrogen-bond donors (Lipinski definition) is 1. The third-order valence-corrected chi connectivity index (χ3v) is 4.19. The molecule has 2 aromatic carbocycles. The van der Waals surface area contributed by atoms with Crippen molar-refractivity contribution in [2.75, 3.05) is 5.32 Å². The molecule has 1 N–H and O–H groups in total. The third kappa shape index (κ3) is 3.14. The van der Waals surface area contributed by atoms with E-state index in [1.54, 1.807) is 6.07 Å². The molecule has 21 heavy (non-hydrogen) atoms. The summed E-state index contributed by atoms with van der Waals surface area (Å²) in [6.07, 6.45) is 0. The average Bonchev–Trinajstić information content (AvgIpc) is 2.50. The van der Waals surface area contributed by atoms with Gasteiger partial charge in [-0.05, 0) is 46.3 Å². The van der Waals surface area contributed by atoms with Gasteiger partial charge in [0.2, 0.25) is 0 Å². The van der Waals surface area contributed by atoms with Crippen molar-refractivity contribution in [1.29, 1.82) is 0 Å². The first-order chi connectivity index (χ1) is 10.1. The van der Waals surface area contributed by atoms with Gasteiger partial charge in [-0.3, -0.25) is 4.79 Å². The highest BCUT2D eigenvalue weighted by molar-refractivity contribution is 9.11. The van der Waals surface area contributed by atoms with Crippen molar-refractivity contribution >= 4 is 54.4 Å². The Morgan fingerprint density at radius 2 is 1.81 bits per heavy atom. The zero-order valence-corrected chi connectivity index (χ0v) is 14.0. The van der Waals surface area contributed by atoms with E-state index in [0.717, 1.165) is 19.8 Å². The molecule has 0 aliphatic carbocycles. The maximum atomic E-state index is 12.3. The van der Waals surface area contributed by atoms with Gasteiger partial charge in [0.05, 0.1) is 11.2 Å². The van der Waals surface area contributed by atoms with Crippen molar-refractivity contribution in [1.82, 2.24) is 4.98 Å². The highest BCUT2D eigenvalue weighted by Crippen LogP contribution is 2.26. The average molecular weight is 406 g/mol. The Bertz CT molecular complexity index is 833. The van der Waals surface area contributed by atoms with Gasteiger partial charge in [0.1, 0.15) is 5.69 Å². The smallest absolute Gasteiger partial charge is 0.274 e. The van der Waals surface area contributed by atoms with E-state index >= 15 is 0 Å². The lowest BCUT2D eigenvalue weighted by molar-refractivity contribution is 0.102. The number of amides is 1. The van der Waals surface area contributed by atoms with Gasteiger partial charge < -0.3 is 5.32 Å². The Hall–Kier alpha value is -1.72. The number of carbonyl (C=O) groups excluding carboxylic acids is 1. The second-order valence-corrected chi connectivity index (χ2v) is 6.24. The van der Waals surface area contributed by atoms with Crippen LogP contribution < -0.4 is 5.32 Å². The lowest BCUT2D eigenvalue weighted by atomic mass is 10.2.